The highest BCUT2D eigenvalue weighted by Crippen LogP contribution is 2.44. The third kappa shape index (κ3) is 5.16. The normalized spacial score (nSPS) is 30.1. The summed E-state index contributed by atoms with van der Waals surface area (Å²) in [7, 11) is 0. The van der Waals surface area contributed by atoms with Crippen LogP contribution in [0.15, 0.2) is 42.5 Å². The molecule has 0 heterocycles. The van der Waals surface area contributed by atoms with E-state index in [-0.39, 0.29) is 11.6 Å². The predicted octanol–water partition coefficient (Wildman–Crippen LogP) is 9.72. The quantitative estimate of drug-likeness (QED) is 0.424. The molecule has 34 heavy (non-hydrogen) atoms. The molecule has 0 aromatic heterocycles. The summed E-state index contributed by atoms with van der Waals surface area (Å²) in [6, 6.07) is 11.6. The monoisotopic (exact) mass is 462 g/mol. The molecule has 5 rings (SSSR count). The Kier molecular flexibility index (Phi) is 7.23. The zero-order valence-electron chi connectivity index (χ0n) is 21.0. The van der Waals surface area contributed by atoms with Crippen molar-refractivity contribution >= 4 is 5.57 Å². The van der Waals surface area contributed by atoms with Crippen LogP contribution in [0, 0.1) is 36.3 Å². The second kappa shape index (κ2) is 10.3. The van der Waals surface area contributed by atoms with Gasteiger partial charge in [-0.05, 0) is 129 Å². The van der Waals surface area contributed by atoms with E-state index in [2.05, 4.69) is 19.1 Å². The Morgan fingerprint density at radius 2 is 1.29 bits per heavy atom. The summed E-state index contributed by atoms with van der Waals surface area (Å²) in [6.45, 7) is 4.20. The number of halogens is 2. The van der Waals surface area contributed by atoms with Gasteiger partial charge in [0.2, 0.25) is 0 Å². The fourth-order valence-electron chi connectivity index (χ4n) is 6.97. The standard InChI is InChI=1S/C32H40F2/c1-21-3-6-23(7-4-21)24-9-11-25(12-10-24)29-17-18-30(32(34)20-29)27-15-13-26(14-16-27)28-8-5-22(2)31(33)19-28/h5,8,15,17-21,23-26H,3-4,6-7,9-14,16H2,1-2H3. The molecule has 0 N–H and O–H groups in total. The van der Waals surface area contributed by atoms with Crippen LogP contribution in [0.25, 0.3) is 5.57 Å². The lowest BCUT2D eigenvalue weighted by molar-refractivity contribution is 0.165. The van der Waals surface area contributed by atoms with Gasteiger partial charge in [-0.3, -0.25) is 0 Å². The maximum Gasteiger partial charge on any atom is 0.130 e. The molecule has 2 heteroatoms. The van der Waals surface area contributed by atoms with Crippen LogP contribution in [0.1, 0.15) is 112 Å². The van der Waals surface area contributed by atoms with Gasteiger partial charge in [-0.2, -0.15) is 0 Å². The van der Waals surface area contributed by atoms with Crippen LogP contribution < -0.4 is 0 Å². The molecule has 0 aliphatic heterocycles. The van der Waals surface area contributed by atoms with Crippen LogP contribution >= 0.6 is 0 Å². The molecule has 0 spiro atoms. The van der Waals surface area contributed by atoms with Crippen LogP contribution in [-0.4, -0.2) is 0 Å². The highest BCUT2D eigenvalue weighted by Gasteiger charge is 2.30. The highest BCUT2D eigenvalue weighted by molar-refractivity contribution is 5.67. The lowest BCUT2D eigenvalue weighted by Gasteiger charge is -2.37. The molecule has 0 saturated heterocycles. The first-order valence-electron chi connectivity index (χ1n) is 13.7. The number of hydrogen-bond donors (Lipinski definition) is 0. The molecule has 182 valence electrons. The van der Waals surface area contributed by atoms with E-state index in [1.165, 1.54) is 56.9 Å². The maximum absolute atomic E-state index is 15.2. The first-order valence-corrected chi connectivity index (χ1v) is 13.7. The number of allylic oxidation sites excluding steroid dienone is 2. The second-order valence-corrected chi connectivity index (χ2v) is 11.6. The Hall–Kier alpha value is -1.96. The number of benzene rings is 2. The molecule has 1 atom stereocenters. The molecular weight excluding hydrogens is 422 g/mol. The minimum Gasteiger partial charge on any atom is -0.207 e. The Morgan fingerprint density at radius 3 is 1.91 bits per heavy atom. The smallest absolute Gasteiger partial charge is 0.130 e. The summed E-state index contributed by atoms with van der Waals surface area (Å²) < 4.78 is 29.2. The molecule has 0 bridgehead atoms. The SMILES string of the molecule is Cc1ccc(C2CC=C(c3ccc(C4CCC(C5CCC(C)CC5)CC4)cc3F)CC2)cc1F. The van der Waals surface area contributed by atoms with Crippen molar-refractivity contribution < 1.29 is 8.78 Å². The number of aryl methyl sites for hydroxylation is 1. The summed E-state index contributed by atoms with van der Waals surface area (Å²) in [5, 5.41) is 0. The predicted molar refractivity (Wildman–Crippen MR) is 138 cm³/mol. The van der Waals surface area contributed by atoms with Gasteiger partial charge in [0.15, 0.2) is 0 Å². The highest BCUT2D eigenvalue weighted by atomic mass is 19.1. The van der Waals surface area contributed by atoms with Gasteiger partial charge in [-0.15, -0.1) is 0 Å². The third-order valence-corrected chi connectivity index (χ3v) is 9.39. The van der Waals surface area contributed by atoms with Crippen LogP contribution in [0.2, 0.25) is 0 Å². The average molecular weight is 463 g/mol. The zero-order valence-corrected chi connectivity index (χ0v) is 21.0. The molecule has 2 saturated carbocycles. The van der Waals surface area contributed by atoms with Gasteiger partial charge in [0.1, 0.15) is 11.6 Å². The summed E-state index contributed by atoms with van der Waals surface area (Å²) in [4.78, 5) is 0. The molecule has 0 nitrogen and oxygen atoms in total. The summed E-state index contributed by atoms with van der Waals surface area (Å²) in [6.07, 6.45) is 15.6. The van der Waals surface area contributed by atoms with Gasteiger partial charge in [0, 0.05) is 5.56 Å². The largest absolute Gasteiger partial charge is 0.207 e. The van der Waals surface area contributed by atoms with Crippen molar-refractivity contribution in [1.82, 2.24) is 0 Å². The van der Waals surface area contributed by atoms with Crippen molar-refractivity contribution in [2.75, 3.05) is 0 Å². The first-order chi connectivity index (χ1) is 16.5. The summed E-state index contributed by atoms with van der Waals surface area (Å²) in [5.41, 5.74) is 4.83. The Morgan fingerprint density at radius 1 is 0.676 bits per heavy atom. The summed E-state index contributed by atoms with van der Waals surface area (Å²) in [5.74, 6) is 3.41. The summed E-state index contributed by atoms with van der Waals surface area (Å²) >= 11 is 0. The van der Waals surface area contributed by atoms with Crippen molar-refractivity contribution in [3.63, 3.8) is 0 Å². The van der Waals surface area contributed by atoms with E-state index >= 15 is 4.39 Å². The van der Waals surface area contributed by atoms with Crippen molar-refractivity contribution in [2.24, 2.45) is 17.8 Å². The van der Waals surface area contributed by atoms with Gasteiger partial charge in [-0.25, -0.2) is 8.78 Å². The topological polar surface area (TPSA) is 0 Å². The van der Waals surface area contributed by atoms with E-state index in [0.717, 1.165) is 53.7 Å². The molecule has 1 unspecified atom stereocenters. The molecule has 2 aromatic rings. The van der Waals surface area contributed by atoms with E-state index in [1.807, 2.05) is 24.3 Å². The van der Waals surface area contributed by atoms with E-state index in [0.29, 0.717) is 17.4 Å². The van der Waals surface area contributed by atoms with Crippen molar-refractivity contribution in [2.45, 2.75) is 96.3 Å². The van der Waals surface area contributed by atoms with E-state index in [1.54, 1.807) is 13.0 Å². The molecule has 0 radical (unpaired) electrons. The van der Waals surface area contributed by atoms with Crippen molar-refractivity contribution in [3.05, 3.63) is 76.4 Å². The molecule has 3 aliphatic carbocycles. The zero-order chi connectivity index (χ0) is 23.7. The Labute approximate surface area is 204 Å². The van der Waals surface area contributed by atoms with E-state index in [9.17, 15) is 4.39 Å². The lowest BCUT2D eigenvalue weighted by atomic mass is 9.68. The van der Waals surface area contributed by atoms with E-state index < -0.39 is 0 Å². The van der Waals surface area contributed by atoms with Gasteiger partial charge >= 0.3 is 0 Å². The minimum atomic E-state index is -0.128. The van der Waals surface area contributed by atoms with Crippen molar-refractivity contribution in [3.8, 4) is 0 Å². The third-order valence-electron chi connectivity index (χ3n) is 9.39. The van der Waals surface area contributed by atoms with Crippen LogP contribution in [0.5, 0.6) is 0 Å². The first kappa shape index (κ1) is 23.8. The Balaban J connectivity index is 1.20. The molecule has 2 fully saturated rings. The minimum absolute atomic E-state index is 0.0630. The average Bonchev–Trinajstić information content (AvgIpc) is 2.86. The Bertz CT molecular complexity index is 1020. The van der Waals surface area contributed by atoms with Crippen LogP contribution in [-0.2, 0) is 0 Å². The number of rotatable bonds is 4. The lowest BCUT2D eigenvalue weighted by Crippen LogP contribution is -2.24. The molecule has 3 aliphatic rings. The van der Waals surface area contributed by atoms with Gasteiger partial charge in [-0.1, -0.05) is 50.1 Å². The molecule has 2 aromatic carbocycles. The van der Waals surface area contributed by atoms with Crippen molar-refractivity contribution in [1.29, 1.82) is 0 Å². The fourth-order valence-corrected chi connectivity index (χ4v) is 6.97. The van der Waals surface area contributed by atoms with Gasteiger partial charge in [0.05, 0.1) is 0 Å². The number of hydrogen-bond acceptors (Lipinski definition) is 0. The maximum atomic E-state index is 15.2. The van der Waals surface area contributed by atoms with E-state index in [4.69, 9.17) is 0 Å². The van der Waals surface area contributed by atoms with Gasteiger partial charge in [0.25, 0.3) is 0 Å². The van der Waals surface area contributed by atoms with Crippen LogP contribution in [0.4, 0.5) is 8.78 Å². The fraction of sp³-hybridized carbons (Fsp3) is 0.562. The molecule has 0 amide bonds. The van der Waals surface area contributed by atoms with Gasteiger partial charge < -0.3 is 0 Å². The molecular formula is C32H40F2. The second-order valence-electron chi connectivity index (χ2n) is 11.6. The van der Waals surface area contributed by atoms with Crippen LogP contribution in [0.3, 0.4) is 0 Å².